The topological polar surface area (TPSA) is 63.9 Å². The fourth-order valence-corrected chi connectivity index (χ4v) is 1.92. The largest absolute Gasteiger partial charge is 0.494 e. The summed E-state index contributed by atoms with van der Waals surface area (Å²) in [6, 6.07) is 4.83. The lowest BCUT2D eigenvalue weighted by Gasteiger charge is -2.04. The number of nitrogens with two attached hydrogens (primary N) is 1. The van der Waals surface area contributed by atoms with Crippen molar-refractivity contribution in [2.45, 2.75) is 19.8 Å². The Kier molecular flexibility index (Phi) is 3.85. The summed E-state index contributed by atoms with van der Waals surface area (Å²) in [6.45, 7) is 4.43. The molecule has 19 heavy (non-hydrogen) atoms. The smallest absolute Gasteiger partial charge is 0.165 e. The Morgan fingerprint density at radius 2 is 2.21 bits per heavy atom. The molecule has 0 bridgehead atoms. The number of aromatic nitrogens is 2. The van der Waals surface area contributed by atoms with Crippen molar-refractivity contribution >= 4 is 0 Å². The van der Waals surface area contributed by atoms with E-state index in [1.165, 1.54) is 13.2 Å². The second kappa shape index (κ2) is 5.40. The average molecular weight is 263 g/mol. The van der Waals surface area contributed by atoms with Gasteiger partial charge in [0.1, 0.15) is 5.82 Å². The van der Waals surface area contributed by atoms with E-state index in [9.17, 15) is 4.39 Å². The van der Waals surface area contributed by atoms with Gasteiger partial charge in [0.05, 0.1) is 12.8 Å². The van der Waals surface area contributed by atoms with Crippen LogP contribution in [-0.2, 0) is 0 Å². The summed E-state index contributed by atoms with van der Waals surface area (Å²) in [7, 11) is 1.44. The number of rotatable bonds is 4. The number of ether oxygens (including phenoxy) is 1. The number of benzene rings is 1. The highest BCUT2D eigenvalue weighted by atomic mass is 19.1. The molecular weight excluding hydrogens is 245 g/mol. The molecular formula is C14H18FN3O. The Labute approximate surface area is 111 Å². The highest BCUT2D eigenvalue weighted by molar-refractivity contribution is 5.63. The minimum Gasteiger partial charge on any atom is -0.494 e. The van der Waals surface area contributed by atoms with Crippen LogP contribution in [0.15, 0.2) is 18.2 Å². The first-order valence-electron chi connectivity index (χ1n) is 6.17. The molecule has 0 saturated heterocycles. The van der Waals surface area contributed by atoms with Gasteiger partial charge in [0.25, 0.3) is 0 Å². The lowest BCUT2D eigenvalue weighted by molar-refractivity contribution is 0.386. The van der Waals surface area contributed by atoms with E-state index in [1.54, 1.807) is 12.1 Å². The zero-order chi connectivity index (χ0) is 14.0. The zero-order valence-electron chi connectivity index (χ0n) is 11.3. The molecule has 5 heteroatoms. The molecule has 102 valence electrons. The Hall–Kier alpha value is -1.88. The number of H-pyrrole nitrogens is 1. The fraction of sp³-hybridized carbons (Fsp3) is 0.357. The van der Waals surface area contributed by atoms with Crippen LogP contribution in [0.3, 0.4) is 0 Å². The normalized spacial score (nSPS) is 12.5. The summed E-state index contributed by atoms with van der Waals surface area (Å²) in [6.07, 6.45) is 0. The number of nitrogens with one attached hydrogen (secondary N) is 1. The molecule has 0 saturated carbocycles. The summed E-state index contributed by atoms with van der Waals surface area (Å²) in [5, 5.41) is 0. The minimum atomic E-state index is -0.393. The second-order valence-corrected chi connectivity index (χ2v) is 4.58. The Bertz CT molecular complexity index is 580. The summed E-state index contributed by atoms with van der Waals surface area (Å²) >= 11 is 0. The molecule has 1 aromatic heterocycles. The van der Waals surface area contributed by atoms with Crippen molar-refractivity contribution in [1.29, 1.82) is 0 Å². The summed E-state index contributed by atoms with van der Waals surface area (Å²) in [5.41, 5.74) is 8.00. The summed E-state index contributed by atoms with van der Waals surface area (Å²) in [4.78, 5) is 7.70. The Morgan fingerprint density at radius 1 is 1.47 bits per heavy atom. The van der Waals surface area contributed by atoms with Gasteiger partial charge in [0.2, 0.25) is 0 Å². The SMILES string of the molecule is COc1ccc(-c2nc(C(C)CN)[nH]c2C)cc1F. The highest BCUT2D eigenvalue weighted by Crippen LogP contribution is 2.27. The summed E-state index contributed by atoms with van der Waals surface area (Å²) in [5.74, 6) is 0.810. The quantitative estimate of drug-likeness (QED) is 0.891. The predicted molar refractivity (Wildman–Crippen MR) is 72.7 cm³/mol. The van der Waals surface area contributed by atoms with Gasteiger partial charge in [-0.15, -0.1) is 0 Å². The minimum absolute atomic E-state index is 0.149. The number of aryl methyl sites for hydroxylation is 1. The van der Waals surface area contributed by atoms with Gasteiger partial charge in [0, 0.05) is 23.7 Å². The van der Waals surface area contributed by atoms with Crippen LogP contribution in [0.2, 0.25) is 0 Å². The third-order valence-electron chi connectivity index (χ3n) is 3.15. The summed E-state index contributed by atoms with van der Waals surface area (Å²) < 4.78 is 18.6. The van der Waals surface area contributed by atoms with Gasteiger partial charge in [-0.25, -0.2) is 9.37 Å². The van der Waals surface area contributed by atoms with Crippen LogP contribution in [0.4, 0.5) is 4.39 Å². The van der Waals surface area contributed by atoms with Crippen LogP contribution in [0.5, 0.6) is 5.75 Å². The lowest BCUT2D eigenvalue weighted by Crippen LogP contribution is -2.10. The third kappa shape index (κ3) is 2.61. The van der Waals surface area contributed by atoms with Gasteiger partial charge in [-0.2, -0.15) is 0 Å². The van der Waals surface area contributed by atoms with Gasteiger partial charge in [-0.05, 0) is 25.1 Å². The Balaban J connectivity index is 2.41. The van der Waals surface area contributed by atoms with Crippen molar-refractivity contribution in [3.8, 4) is 17.0 Å². The molecule has 0 amide bonds. The molecule has 1 atom stereocenters. The number of imidazole rings is 1. The van der Waals surface area contributed by atoms with Crippen LogP contribution in [-0.4, -0.2) is 23.6 Å². The van der Waals surface area contributed by atoms with Crippen molar-refractivity contribution in [3.05, 3.63) is 35.5 Å². The molecule has 0 aliphatic heterocycles. The van der Waals surface area contributed by atoms with Crippen molar-refractivity contribution in [1.82, 2.24) is 9.97 Å². The molecule has 0 aliphatic rings. The van der Waals surface area contributed by atoms with E-state index >= 15 is 0 Å². The molecule has 1 unspecified atom stereocenters. The van der Waals surface area contributed by atoms with Gasteiger partial charge in [-0.3, -0.25) is 0 Å². The van der Waals surface area contributed by atoms with Crippen LogP contribution in [0, 0.1) is 12.7 Å². The molecule has 0 fully saturated rings. The lowest BCUT2D eigenvalue weighted by atomic mass is 10.1. The number of hydrogen-bond donors (Lipinski definition) is 2. The molecule has 2 rings (SSSR count). The van der Waals surface area contributed by atoms with E-state index in [2.05, 4.69) is 9.97 Å². The maximum absolute atomic E-state index is 13.7. The van der Waals surface area contributed by atoms with Crippen molar-refractivity contribution in [2.24, 2.45) is 5.73 Å². The van der Waals surface area contributed by atoms with Crippen LogP contribution < -0.4 is 10.5 Å². The van der Waals surface area contributed by atoms with E-state index < -0.39 is 5.82 Å². The van der Waals surface area contributed by atoms with E-state index in [-0.39, 0.29) is 11.7 Å². The van der Waals surface area contributed by atoms with Crippen molar-refractivity contribution in [3.63, 3.8) is 0 Å². The van der Waals surface area contributed by atoms with Gasteiger partial charge in [0.15, 0.2) is 11.6 Å². The fourth-order valence-electron chi connectivity index (χ4n) is 1.92. The van der Waals surface area contributed by atoms with Gasteiger partial charge in [-0.1, -0.05) is 6.92 Å². The molecule has 0 radical (unpaired) electrons. The average Bonchev–Trinajstić information content (AvgIpc) is 2.80. The first-order valence-corrected chi connectivity index (χ1v) is 6.17. The number of nitrogens with zero attached hydrogens (tertiary/aromatic N) is 1. The number of hydrogen-bond acceptors (Lipinski definition) is 3. The van der Waals surface area contributed by atoms with E-state index in [0.29, 0.717) is 6.54 Å². The number of methoxy groups -OCH3 is 1. The monoisotopic (exact) mass is 263 g/mol. The van der Waals surface area contributed by atoms with E-state index in [1.807, 2.05) is 13.8 Å². The first kappa shape index (κ1) is 13.5. The zero-order valence-corrected chi connectivity index (χ0v) is 11.3. The van der Waals surface area contributed by atoms with Crippen LogP contribution >= 0.6 is 0 Å². The number of aromatic amines is 1. The van der Waals surface area contributed by atoms with Crippen LogP contribution in [0.25, 0.3) is 11.3 Å². The van der Waals surface area contributed by atoms with E-state index in [4.69, 9.17) is 10.5 Å². The molecule has 3 N–H and O–H groups in total. The maximum atomic E-state index is 13.7. The van der Waals surface area contributed by atoms with Crippen molar-refractivity contribution in [2.75, 3.05) is 13.7 Å². The Morgan fingerprint density at radius 3 is 2.79 bits per heavy atom. The van der Waals surface area contributed by atoms with Crippen molar-refractivity contribution < 1.29 is 9.13 Å². The van der Waals surface area contributed by atoms with Crippen LogP contribution in [0.1, 0.15) is 24.4 Å². The molecule has 1 aromatic carbocycles. The highest BCUT2D eigenvalue weighted by Gasteiger charge is 2.14. The molecule has 0 spiro atoms. The number of halogens is 1. The third-order valence-corrected chi connectivity index (χ3v) is 3.15. The predicted octanol–water partition coefficient (Wildman–Crippen LogP) is 2.60. The molecule has 1 heterocycles. The van der Waals surface area contributed by atoms with Gasteiger partial charge >= 0.3 is 0 Å². The first-order chi connectivity index (χ1) is 9.06. The molecule has 4 nitrogen and oxygen atoms in total. The maximum Gasteiger partial charge on any atom is 0.165 e. The second-order valence-electron chi connectivity index (χ2n) is 4.58. The standard InChI is InChI=1S/C14H18FN3O/c1-8(7-16)14-17-9(2)13(18-14)10-4-5-12(19-3)11(15)6-10/h4-6,8H,7,16H2,1-3H3,(H,17,18). The molecule has 0 aliphatic carbocycles. The van der Waals surface area contributed by atoms with E-state index in [0.717, 1.165) is 22.8 Å². The van der Waals surface area contributed by atoms with Gasteiger partial charge < -0.3 is 15.5 Å². The molecule has 2 aromatic rings.